The number of hydrogen-bond acceptors (Lipinski definition) is 5. The Bertz CT molecular complexity index is 879. The van der Waals surface area contributed by atoms with E-state index in [0.29, 0.717) is 18.9 Å². The molecule has 0 spiro atoms. The summed E-state index contributed by atoms with van der Waals surface area (Å²) in [5, 5.41) is 2.64. The molecule has 6 nitrogen and oxygen atoms in total. The molecule has 0 radical (unpaired) electrons. The van der Waals surface area contributed by atoms with Gasteiger partial charge in [-0.2, -0.15) is 0 Å². The van der Waals surface area contributed by atoms with Crippen LogP contribution in [-0.4, -0.2) is 51.1 Å². The number of hydrogen-bond donors (Lipinski definition) is 1. The van der Waals surface area contributed by atoms with Gasteiger partial charge in [0.05, 0.1) is 16.7 Å². The standard InChI is InChI=1S/C20H26N2O4S2/c1-15-5-9-18(10-6-15)27-16(2)20(23)21-13-14-26-17-7-11-19(12-8-17)28(24,25)22(3)4/h5-12,16H,13-14H2,1-4H3,(H,21,23). The van der Waals surface area contributed by atoms with Crippen molar-refractivity contribution in [2.75, 3.05) is 27.2 Å². The Morgan fingerprint density at radius 1 is 1.11 bits per heavy atom. The third kappa shape index (κ3) is 6.25. The van der Waals surface area contributed by atoms with Crippen molar-refractivity contribution in [3.8, 4) is 5.75 Å². The quantitative estimate of drug-likeness (QED) is 0.497. The van der Waals surface area contributed by atoms with Gasteiger partial charge in [-0.15, -0.1) is 11.8 Å². The van der Waals surface area contributed by atoms with Gasteiger partial charge in [-0.25, -0.2) is 12.7 Å². The fraction of sp³-hybridized carbons (Fsp3) is 0.350. The Hall–Kier alpha value is -2.03. The van der Waals surface area contributed by atoms with Crippen LogP contribution in [0.2, 0.25) is 0 Å². The van der Waals surface area contributed by atoms with E-state index in [2.05, 4.69) is 5.32 Å². The molecule has 0 aliphatic rings. The van der Waals surface area contributed by atoms with E-state index in [1.165, 1.54) is 43.6 Å². The summed E-state index contributed by atoms with van der Waals surface area (Å²) >= 11 is 1.51. The zero-order valence-corrected chi connectivity index (χ0v) is 18.1. The van der Waals surface area contributed by atoms with Crippen LogP contribution in [0.4, 0.5) is 0 Å². The number of carbonyl (C=O) groups excluding carboxylic acids is 1. The zero-order valence-electron chi connectivity index (χ0n) is 16.5. The number of thioether (sulfide) groups is 1. The SMILES string of the molecule is Cc1ccc(SC(C)C(=O)NCCOc2ccc(S(=O)(=O)N(C)C)cc2)cc1. The first kappa shape index (κ1) is 22.3. The Labute approximate surface area is 171 Å². The molecule has 2 aromatic carbocycles. The minimum Gasteiger partial charge on any atom is -0.492 e. The second-order valence-corrected chi connectivity index (χ2v) is 10.0. The van der Waals surface area contributed by atoms with Crippen LogP contribution in [-0.2, 0) is 14.8 Å². The number of sulfonamides is 1. The van der Waals surface area contributed by atoms with Gasteiger partial charge in [0, 0.05) is 19.0 Å². The van der Waals surface area contributed by atoms with E-state index < -0.39 is 10.0 Å². The van der Waals surface area contributed by atoms with Crippen LogP contribution in [0.15, 0.2) is 58.3 Å². The lowest BCUT2D eigenvalue weighted by Crippen LogP contribution is -2.33. The molecular formula is C20H26N2O4S2. The third-order valence-electron chi connectivity index (χ3n) is 3.98. The maximum Gasteiger partial charge on any atom is 0.242 e. The maximum atomic E-state index is 12.2. The smallest absolute Gasteiger partial charge is 0.242 e. The van der Waals surface area contributed by atoms with Crippen LogP contribution in [0.5, 0.6) is 5.75 Å². The first-order valence-corrected chi connectivity index (χ1v) is 11.2. The Morgan fingerprint density at radius 3 is 2.29 bits per heavy atom. The maximum absolute atomic E-state index is 12.2. The first-order valence-electron chi connectivity index (χ1n) is 8.86. The highest BCUT2D eigenvalue weighted by molar-refractivity contribution is 8.00. The topological polar surface area (TPSA) is 75.7 Å². The predicted octanol–water partition coefficient (Wildman–Crippen LogP) is 2.92. The van der Waals surface area contributed by atoms with Crippen molar-refractivity contribution in [1.82, 2.24) is 9.62 Å². The van der Waals surface area contributed by atoms with Crippen molar-refractivity contribution >= 4 is 27.7 Å². The molecule has 0 saturated heterocycles. The van der Waals surface area contributed by atoms with Crippen LogP contribution in [0.1, 0.15) is 12.5 Å². The van der Waals surface area contributed by atoms with Gasteiger partial charge in [-0.05, 0) is 50.2 Å². The lowest BCUT2D eigenvalue weighted by atomic mass is 10.2. The molecule has 0 saturated carbocycles. The molecule has 8 heteroatoms. The molecule has 0 aromatic heterocycles. The minimum atomic E-state index is -3.45. The van der Waals surface area contributed by atoms with Gasteiger partial charge < -0.3 is 10.1 Å². The van der Waals surface area contributed by atoms with Gasteiger partial charge in [0.1, 0.15) is 12.4 Å². The summed E-state index contributed by atoms with van der Waals surface area (Å²) in [6, 6.07) is 14.3. The molecule has 0 aliphatic heterocycles. The van der Waals surface area contributed by atoms with Crippen LogP contribution in [0.3, 0.4) is 0 Å². The van der Waals surface area contributed by atoms with E-state index in [1.54, 1.807) is 12.1 Å². The molecular weight excluding hydrogens is 396 g/mol. The van der Waals surface area contributed by atoms with Crippen LogP contribution in [0, 0.1) is 6.92 Å². The zero-order chi connectivity index (χ0) is 20.7. The molecule has 28 heavy (non-hydrogen) atoms. The fourth-order valence-electron chi connectivity index (χ4n) is 2.28. The minimum absolute atomic E-state index is 0.0541. The highest BCUT2D eigenvalue weighted by atomic mass is 32.2. The normalized spacial score (nSPS) is 12.6. The van der Waals surface area contributed by atoms with Crippen molar-refractivity contribution in [3.05, 3.63) is 54.1 Å². The number of amides is 1. The van der Waals surface area contributed by atoms with E-state index in [-0.39, 0.29) is 16.1 Å². The monoisotopic (exact) mass is 422 g/mol. The number of nitrogens with one attached hydrogen (secondary N) is 1. The van der Waals surface area contributed by atoms with E-state index in [1.807, 2.05) is 38.1 Å². The second-order valence-electron chi connectivity index (χ2n) is 6.47. The molecule has 0 aliphatic carbocycles. The summed E-state index contributed by atoms with van der Waals surface area (Å²) in [5.41, 5.74) is 1.19. The average Bonchev–Trinajstić information content (AvgIpc) is 2.67. The van der Waals surface area contributed by atoms with Gasteiger partial charge in [0.15, 0.2) is 0 Å². The molecule has 0 heterocycles. The third-order valence-corrected chi connectivity index (χ3v) is 6.92. The predicted molar refractivity (Wildman–Crippen MR) is 112 cm³/mol. The second kappa shape index (κ2) is 9.95. The lowest BCUT2D eigenvalue weighted by Gasteiger charge is -2.13. The highest BCUT2D eigenvalue weighted by Gasteiger charge is 2.17. The summed E-state index contributed by atoms with van der Waals surface area (Å²) < 4.78 is 30.8. The largest absolute Gasteiger partial charge is 0.492 e. The number of nitrogens with zero attached hydrogens (tertiary/aromatic N) is 1. The van der Waals surface area contributed by atoms with Crippen LogP contribution >= 0.6 is 11.8 Å². The van der Waals surface area contributed by atoms with Gasteiger partial charge in [-0.3, -0.25) is 4.79 Å². The summed E-state index contributed by atoms with van der Waals surface area (Å²) in [6.07, 6.45) is 0. The van der Waals surface area contributed by atoms with Crippen molar-refractivity contribution in [3.63, 3.8) is 0 Å². The number of ether oxygens (including phenoxy) is 1. The average molecular weight is 423 g/mol. The van der Waals surface area contributed by atoms with Gasteiger partial charge >= 0.3 is 0 Å². The molecule has 1 atom stereocenters. The van der Waals surface area contributed by atoms with Crippen molar-refractivity contribution in [2.24, 2.45) is 0 Å². The molecule has 2 aromatic rings. The molecule has 0 fully saturated rings. The van der Waals surface area contributed by atoms with Crippen LogP contribution < -0.4 is 10.1 Å². The lowest BCUT2D eigenvalue weighted by molar-refractivity contribution is -0.120. The summed E-state index contributed by atoms with van der Waals surface area (Å²) in [5.74, 6) is 0.496. The fourth-order valence-corrected chi connectivity index (χ4v) is 4.07. The summed E-state index contributed by atoms with van der Waals surface area (Å²) in [4.78, 5) is 13.4. The highest BCUT2D eigenvalue weighted by Crippen LogP contribution is 2.23. The Morgan fingerprint density at radius 2 is 1.71 bits per heavy atom. The van der Waals surface area contributed by atoms with Gasteiger partial charge in [0.2, 0.25) is 15.9 Å². The molecule has 1 amide bonds. The van der Waals surface area contributed by atoms with E-state index in [0.717, 1.165) is 9.20 Å². The first-order chi connectivity index (χ1) is 13.2. The van der Waals surface area contributed by atoms with E-state index in [9.17, 15) is 13.2 Å². The molecule has 2 rings (SSSR count). The van der Waals surface area contributed by atoms with E-state index >= 15 is 0 Å². The molecule has 152 valence electrons. The van der Waals surface area contributed by atoms with Gasteiger partial charge in [0.25, 0.3) is 0 Å². The van der Waals surface area contributed by atoms with E-state index in [4.69, 9.17) is 4.74 Å². The van der Waals surface area contributed by atoms with Crippen LogP contribution in [0.25, 0.3) is 0 Å². The van der Waals surface area contributed by atoms with Crippen molar-refractivity contribution in [2.45, 2.75) is 28.9 Å². The molecule has 0 bridgehead atoms. The Kier molecular flexibility index (Phi) is 7.91. The summed E-state index contributed by atoms with van der Waals surface area (Å²) in [7, 11) is -0.476. The van der Waals surface area contributed by atoms with Crippen molar-refractivity contribution < 1.29 is 17.9 Å². The Balaban J connectivity index is 1.76. The van der Waals surface area contributed by atoms with Gasteiger partial charge in [-0.1, -0.05) is 17.7 Å². The number of carbonyl (C=O) groups is 1. The molecule has 1 N–H and O–H groups in total. The molecule has 1 unspecified atom stereocenters. The number of benzene rings is 2. The summed E-state index contributed by atoms with van der Waals surface area (Å²) in [6.45, 7) is 4.56. The number of rotatable bonds is 9. The van der Waals surface area contributed by atoms with Crippen molar-refractivity contribution in [1.29, 1.82) is 0 Å². The number of aryl methyl sites for hydroxylation is 1.